The Bertz CT molecular complexity index is 692. The van der Waals surface area contributed by atoms with Gasteiger partial charge in [-0.1, -0.05) is 24.3 Å². The number of nitrogens with zero attached hydrogens (tertiary/aromatic N) is 4. The van der Waals surface area contributed by atoms with Crippen molar-refractivity contribution in [2.24, 2.45) is 0 Å². The number of likely N-dealkylation sites (N-methyl/N-ethyl adjacent to an activating group) is 1. The van der Waals surface area contributed by atoms with Crippen LogP contribution in [0.4, 0.5) is 0 Å². The summed E-state index contributed by atoms with van der Waals surface area (Å²) in [6, 6.07) is 8.02. The van der Waals surface area contributed by atoms with E-state index in [1.807, 2.05) is 18.2 Å². The van der Waals surface area contributed by atoms with E-state index in [-0.39, 0.29) is 5.69 Å². The fourth-order valence-electron chi connectivity index (χ4n) is 2.90. The Balaban J connectivity index is 1.85. The van der Waals surface area contributed by atoms with Gasteiger partial charge in [0.1, 0.15) is 5.69 Å². The second kappa shape index (κ2) is 7.55. The highest BCUT2D eigenvalue weighted by Crippen LogP contribution is 2.25. The molecule has 0 radical (unpaired) electrons. The molecule has 1 aromatic heterocycles. The van der Waals surface area contributed by atoms with Gasteiger partial charge in [-0.05, 0) is 19.5 Å². The molecule has 1 aromatic carbocycles. The fourth-order valence-corrected chi connectivity index (χ4v) is 2.90. The molecule has 0 unspecified atom stereocenters. The Labute approximate surface area is 141 Å². The molecular weight excluding hydrogens is 306 g/mol. The van der Waals surface area contributed by atoms with Crippen molar-refractivity contribution in [1.82, 2.24) is 25.2 Å². The molecule has 7 heteroatoms. The molecule has 0 saturated carbocycles. The zero-order valence-corrected chi connectivity index (χ0v) is 14.2. The lowest BCUT2D eigenvalue weighted by molar-refractivity contribution is 0.0520. The van der Waals surface area contributed by atoms with Crippen LogP contribution in [0.15, 0.2) is 24.3 Å². The maximum absolute atomic E-state index is 12.1. The SMILES string of the molecule is CCOC(=O)c1n[nH]nc1-c1ccccc1CN1CCN(C)CC1. The molecule has 0 aliphatic carbocycles. The summed E-state index contributed by atoms with van der Waals surface area (Å²) < 4.78 is 5.07. The topological polar surface area (TPSA) is 74.3 Å². The number of aromatic nitrogens is 3. The summed E-state index contributed by atoms with van der Waals surface area (Å²) in [6.07, 6.45) is 0. The van der Waals surface area contributed by atoms with Crippen LogP contribution in [0.5, 0.6) is 0 Å². The summed E-state index contributed by atoms with van der Waals surface area (Å²) in [4.78, 5) is 16.8. The second-order valence-corrected chi connectivity index (χ2v) is 5.98. The number of esters is 1. The quantitative estimate of drug-likeness (QED) is 0.836. The molecule has 1 fully saturated rings. The molecule has 0 amide bonds. The molecular formula is C17H23N5O2. The largest absolute Gasteiger partial charge is 0.461 e. The Hall–Kier alpha value is -2.25. The van der Waals surface area contributed by atoms with Crippen molar-refractivity contribution in [2.45, 2.75) is 13.5 Å². The molecule has 2 aromatic rings. The Morgan fingerprint density at radius 1 is 1.21 bits per heavy atom. The molecule has 0 bridgehead atoms. The third-order valence-electron chi connectivity index (χ3n) is 4.28. The summed E-state index contributed by atoms with van der Waals surface area (Å²) in [6.45, 7) is 7.13. The Kier molecular flexibility index (Phi) is 5.22. The number of H-pyrrole nitrogens is 1. The zero-order valence-electron chi connectivity index (χ0n) is 14.2. The standard InChI is InChI=1S/C17H23N5O2/c1-3-24-17(23)16-15(18-20-19-16)14-7-5-4-6-13(14)12-22-10-8-21(2)9-11-22/h4-7H,3,8-12H2,1-2H3,(H,18,19,20). The third kappa shape index (κ3) is 3.63. The van der Waals surface area contributed by atoms with Crippen molar-refractivity contribution in [3.63, 3.8) is 0 Å². The number of hydrogen-bond acceptors (Lipinski definition) is 6. The molecule has 128 valence electrons. The molecule has 1 N–H and O–H groups in total. The average Bonchev–Trinajstić information content (AvgIpc) is 3.07. The first-order valence-electron chi connectivity index (χ1n) is 8.26. The van der Waals surface area contributed by atoms with E-state index in [1.54, 1.807) is 6.92 Å². The van der Waals surface area contributed by atoms with E-state index in [0.29, 0.717) is 12.3 Å². The predicted molar refractivity (Wildman–Crippen MR) is 90.5 cm³/mol. The Morgan fingerprint density at radius 3 is 2.71 bits per heavy atom. The van der Waals surface area contributed by atoms with Gasteiger partial charge in [0.15, 0.2) is 5.69 Å². The number of benzene rings is 1. The van der Waals surface area contributed by atoms with Crippen LogP contribution in [0.2, 0.25) is 0 Å². The zero-order chi connectivity index (χ0) is 16.9. The predicted octanol–water partition coefficient (Wildman–Crippen LogP) is 1.40. The summed E-state index contributed by atoms with van der Waals surface area (Å²) in [5.74, 6) is -0.448. The van der Waals surface area contributed by atoms with E-state index in [9.17, 15) is 4.79 Å². The maximum Gasteiger partial charge on any atom is 0.361 e. The van der Waals surface area contributed by atoms with Crippen molar-refractivity contribution in [1.29, 1.82) is 0 Å². The molecule has 0 spiro atoms. The number of hydrogen-bond donors (Lipinski definition) is 1. The highest BCUT2D eigenvalue weighted by molar-refractivity contribution is 5.94. The third-order valence-corrected chi connectivity index (χ3v) is 4.28. The smallest absolute Gasteiger partial charge is 0.361 e. The van der Waals surface area contributed by atoms with Gasteiger partial charge in [-0.25, -0.2) is 4.79 Å². The van der Waals surface area contributed by atoms with E-state index >= 15 is 0 Å². The second-order valence-electron chi connectivity index (χ2n) is 5.98. The number of carbonyl (C=O) groups excluding carboxylic acids is 1. The molecule has 0 atom stereocenters. The van der Waals surface area contributed by atoms with Crippen LogP contribution in [0.3, 0.4) is 0 Å². The summed E-state index contributed by atoms with van der Waals surface area (Å²) >= 11 is 0. The first-order chi connectivity index (χ1) is 11.7. The number of nitrogens with one attached hydrogen (secondary N) is 1. The summed E-state index contributed by atoms with van der Waals surface area (Å²) in [7, 11) is 2.15. The molecule has 1 saturated heterocycles. The van der Waals surface area contributed by atoms with Crippen LogP contribution in [0, 0.1) is 0 Å². The van der Waals surface area contributed by atoms with Crippen molar-refractivity contribution in [2.75, 3.05) is 39.8 Å². The highest BCUT2D eigenvalue weighted by atomic mass is 16.5. The fraction of sp³-hybridized carbons (Fsp3) is 0.471. The van der Waals surface area contributed by atoms with Crippen LogP contribution < -0.4 is 0 Å². The lowest BCUT2D eigenvalue weighted by Crippen LogP contribution is -2.43. The summed E-state index contributed by atoms with van der Waals surface area (Å²) in [5.41, 5.74) is 2.86. The van der Waals surface area contributed by atoms with Gasteiger partial charge in [-0.2, -0.15) is 10.3 Å². The number of aromatic amines is 1. The molecule has 7 nitrogen and oxygen atoms in total. The van der Waals surface area contributed by atoms with Crippen molar-refractivity contribution in [3.8, 4) is 11.3 Å². The summed E-state index contributed by atoms with van der Waals surface area (Å²) in [5, 5.41) is 10.7. The first kappa shape index (κ1) is 16.6. The van der Waals surface area contributed by atoms with Crippen LogP contribution >= 0.6 is 0 Å². The van der Waals surface area contributed by atoms with Crippen LogP contribution in [-0.4, -0.2) is 71.0 Å². The van der Waals surface area contributed by atoms with Gasteiger partial charge in [0.2, 0.25) is 0 Å². The normalized spacial score (nSPS) is 16.2. The lowest BCUT2D eigenvalue weighted by atomic mass is 10.0. The Morgan fingerprint density at radius 2 is 1.96 bits per heavy atom. The van der Waals surface area contributed by atoms with Gasteiger partial charge in [-0.15, -0.1) is 5.10 Å². The van der Waals surface area contributed by atoms with Crippen LogP contribution in [0.25, 0.3) is 11.3 Å². The molecule has 24 heavy (non-hydrogen) atoms. The number of piperazine rings is 1. The molecule has 3 rings (SSSR count). The maximum atomic E-state index is 12.1. The molecule has 1 aliphatic heterocycles. The minimum atomic E-state index is -0.448. The van der Waals surface area contributed by atoms with E-state index in [0.717, 1.165) is 43.9 Å². The van der Waals surface area contributed by atoms with Crippen molar-refractivity contribution >= 4 is 5.97 Å². The number of carbonyl (C=O) groups is 1. The lowest BCUT2D eigenvalue weighted by Gasteiger charge is -2.32. The number of rotatable bonds is 5. The molecule has 2 heterocycles. The monoisotopic (exact) mass is 329 g/mol. The van der Waals surface area contributed by atoms with Gasteiger partial charge in [0, 0.05) is 38.3 Å². The van der Waals surface area contributed by atoms with Gasteiger partial charge in [-0.3, -0.25) is 4.90 Å². The van der Waals surface area contributed by atoms with Crippen molar-refractivity contribution < 1.29 is 9.53 Å². The average molecular weight is 329 g/mol. The van der Waals surface area contributed by atoms with Gasteiger partial charge >= 0.3 is 5.97 Å². The van der Waals surface area contributed by atoms with E-state index in [1.165, 1.54) is 0 Å². The molecule has 1 aliphatic rings. The first-order valence-corrected chi connectivity index (χ1v) is 8.26. The van der Waals surface area contributed by atoms with Gasteiger partial charge in [0.25, 0.3) is 0 Å². The highest BCUT2D eigenvalue weighted by Gasteiger charge is 2.22. The van der Waals surface area contributed by atoms with E-state index < -0.39 is 5.97 Å². The van der Waals surface area contributed by atoms with E-state index in [2.05, 4.69) is 38.3 Å². The minimum Gasteiger partial charge on any atom is -0.461 e. The van der Waals surface area contributed by atoms with E-state index in [4.69, 9.17) is 4.74 Å². The number of ether oxygens (including phenoxy) is 1. The minimum absolute atomic E-state index is 0.239. The van der Waals surface area contributed by atoms with Gasteiger partial charge in [0.05, 0.1) is 6.61 Å². The van der Waals surface area contributed by atoms with Crippen molar-refractivity contribution in [3.05, 3.63) is 35.5 Å². The van der Waals surface area contributed by atoms with Crippen LogP contribution in [0.1, 0.15) is 23.0 Å². The van der Waals surface area contributed by atoms with Gasteiger partial charge < -0.3 is 9.64 Å². The van der Waals surface area contributed by atoms with Crippen LogP contribution in [-0.2, 0) is 11.3 Å².